The van der Waals surface area contributed by atoms with Gasteiger partial charge in [-0.15, -0.1) is 0 Å². The summed E-state index contributed by atoms with van der Waals surface area (Å²) in [5.41, 5.74) is 2.19. The van der Waals surface area contributed by atoms with Gasteiger partial charge in [0.15, 0.2) is 0 Å². The first kappa shape index (κ1) is 7.65. The molecule has 50 valence electrons. The third-order valence-electron chi connectivity index (χ3n) is 0.575. The van der Waals surface area contributed by atoms with Crippen LogP contribution in [0.15, 0.2) is 5.10 Å². The molecule has 2 N–H and O–H groups in total. The molecule has 0 aromatic carbocycles. The van der Waals surface area contributed by atoms with E-state index in [1.807, 2.05) is 0 Å². The van der Waals surface area contributed by atoms with Crippen LogP contribution in [0.1, 0.15) is 6.42 Å². The van der Waals surface area contributed by atoms with Crippen LogP contribution in [0.3, 0.4) is 0 Å². The third-order valence-corrected chi connectivity index (χ3v) is 0.575. The van der Waals surface area contributed by atoms with E-state index in [9.17, 15) is 9.59 Å². The first-order chi connectivity index (χ1) is 4.27. The number of aliphatic carboxylic acids is 1. The number of nitrogens with zero attached hydrogens (tertiary/aromatic N) is 1. The minimum atomic E-state index is -0.927. The molecule has 5 heteroatoms. The predicted molar refractivity (Wildman–Crippen MR) is 28.4 cm³/mol. The smallest absolute Gasteiger partial charge is 0.305 e. The van der Waals surface area contributed by atoms with Crippen molar-refractivity contribution in [1.82, 2.24) is 5.43 Å². The summed E-state index contributed by atoms with van der Waals surface area (Å²) in [4.78, 5) is 19.1. The van der Waals surface area contributed by atoms with Gasteiger partial charge in [-0.25, -0.2) is 4.79 Å². The Hall–Kier alpha value is -1.35. The lowest BCUT2D eigenvalue weighted by atomic mass is 10.4. The van der Waals surface area contributed by atoms with Crippen molar-refractivity contribution in [3.8, 4) is 0 Å². The first-order valence-electron chi connectivity index (χ1n) is 2.29. The maximum absolute atomic E-state index is 9.78. The van der Waals surface area contributed by atoms with Crippen LogP contribution in [0.25, 0.3) is 0 Å². The number of hydrogen-bond acceptors (Lipinski definition) is 4. The molecule has 0 fully saturated rings. The Morgan fingerprint density at radius 1 is 1.78 bits per heavy atom. The number of carbonyl (C=O) groups is 1. The fraction of sp³-hybridized carbons (Fsp3) is 0.500. The van der Waals surface area contributed by atoms with Crippen LogP contribution in [-0.2, 0) is 9.59 Å². The fourth-order valence-electron chi connectivity index (χ4n) is 0.251. The Kier molecular flexibility index (Phi) is 4.08. The average molecular weight is 130 g/mol. The molecule has 0 aromatic rings. The van der Waals surface area contributed by atoms with Gasteiger partial charge >= 0.3 is 5.97 Å². The van der Waals surface area contributed by atoms with Crippen molar-refractivity contribution in [3.05, 3.63) is 0 Å². The summed E-state index contributed by atoms with van der Waals surface area (Å²) in [7, 11) is 0. The molecule has 9 heavy (non-hydrogen) atoms. The van der Waals surface area contributed by atoms with Crippen LogP contribution in [0.5, 0.6) is 0 Å². The lowest BCUT2D eigenvalue weighted by Gasteiger charge is -1.90. The minimum Gasteiger partial charge on any atom is -0.481 e. The summed E-state index contributed by atoms with van der Waals surface area (Å²) in [6.45, 7) is 0.157. The fourth-order valence-corrected chi connectivity index (χ4v) is 0.251. The average Bonchev–Trinajstić information content (AvgIpc) is 1.80. The van der Waals surface area contributed by atoms with Crippen LogP contribution >= 0.6 is 0 Å². The molecule has 0 heterocycles. The van der Waals surface area contributed by atoms with Crippen molar-refractivity contribution in [1.29, 1.82) is 0 Å². The maximum atomic E-state index is 9.78. The number of isocyanates is 1. The van der Waals surface area contributed by atoms with Gasteiger partial charge in [0.1, 0.15) is 0 Å². The highest BCUT2D eigenvalue weighted by atomic mass is 16.4. The molecule has 0 aliphatic heterocycles. The van der Waals surface area contributed by atoms with Crippen molar-refractivity contribution in [2.75, 3.05) is 6.54 Å². The highest BCUT2D eigenvalue weighted by Gasteiger charge is 1.92. The Morgan fingerprint density at radius 3 is 2.89 bits per heavy atom. The van der Waals surface area contributed by atoms with E-state index in [1.165, 1.54) is 6.08 Å². The van der Waals surface area contributed by atoms with Gasteiger partial charge < -0.3 is 5.11 Å². The minimum absolute atomic E-state index is 0.0504. The second-order valence-electron chi connectivity index (χ2n) is 1.25. The number of carbonyl (C=O) groups excluding carboxylic acids is 1. The predicted octanol–water partition coefficient (Wildman–Crippen LogP) is -0.699. The standard InChI is InChI=1S/C4H6N2O3/c7-3-6-5-2-1-4(8)9/h5H,1-2H2,(H,8,9). The largest absolute Gasteiger partial charge is 0.481 e. The lowest BCUT2D eigenvalue weighted by Crippen LogP contribution is -2.11. The number of hydrogen-bond donors (Lipinski definition) is 2. The highest BCUT2D eigenvalue weighted by molar-refractivity contribution is 5.66. The Morgan fingerprint density at radius 2 is 2.44 bits per heavy atom. The highest BCUT2D eigenvalue weighted by Crippen LogP contribution is 1.72. The molecule has 0 aliphatic rings. The third kappa shape index (κ3) is 6.65. The second kappa shape index (κ2) is 4.80. The van der Waals surface area contributed by atoms with E-state index < -0.39 is 5.97 Å². The zero-order valence-electron chi connectivity index (χ0n) is 4.63. The molecule has 0 saturated heterocycles. The number of nitrogens with one attached hydrogen (secondary N) is 1. The Balaban J connectivity index is 3.10. The lowest BCUT2D eigenvalue weighted by molar-refractivity contribution is -0.136. The molecular weight excluding hydrogens is 124 g/mol. The molecule has 0 spiro atoms. The Labute approximate surface area is 51.4 Å². The van der Waals surface area contributed by atoms with E-state index in [2.05, 4.69) is 10.5 Å². The van der Waals surface area contributed by atoms with Gasteiger partial charge in [-0.3, -0.25) is 10.2 Å². The van der Waals surface area contributed by atoms with Gasteiger partial charge in [-0.05, 0) is 0 Å². The van der Waals surface area contributed by atoms with Crippen molar-refractivity contribution in [2.24, 2.45) is 5.10 Å². The first-order valence-corrected chi connectivity index (χ1v) is 2.29. The van der Waals surface area contributed by atoms with Crippen LogP contribution < -0.4 is 5.43 Å². The van der Waals surface area contributed by atoms with Crippen molar-refractivity contribution in [3.63, 3.8) is 0 Å². The summed E-state index contributed by atoms with van der Waals surface area (Å²) >= 11 is 0. The molecule has 0 saturated carbocycles. The van der Waals surface area contributed by atoms with Gasteiger partial charge in [0, 0.05) is 6.54 Å². The molecule has 0 amide bonds. The van der Waals surface area contributed by atoms with E-state index in [0.717, 1.165) is 0 Å². The number of rotatable bonds is 4. The van der Waals surface area contributed by atoms with E-state index in [1.54, 1.807) is 0 Å². The van der Waals surface area contributed by atoms with Gasteiger partial charge in [0.2, 0.25) is 0 Å². The van der Waals surface area contributed by atoms with Crippen LogP contribution in [0.2, 0.25) is 0 Å². The molecule has 0 aromatic heterocycles. The van der Waals surface area contributed by atoms with E-state index in [-0.39, 0.29) is 13.0 Å². The number of hydrazone groups is 1. The van der Waals surface area contributed by atoms with Crippen molar-refractivity contribution in [2.45, 2.75) is 6.42 Å². The number of carboxylic acids is 1. The molecule has 5 nitrogen and oxygen atoms in total. The van der Waals surface area contributed by atoms with Crippen LogP contribution in [0.4, 0.5) is 0 Å². The monoisotopic (exact) mass is 130 g/mol. The molecule has 0 unspecified atom stereocenters. The van der Waals surface area contributed by atoms with E-state index in [0.29, 0.717) is 0 Å². The number of carboxylic acid groups (broad SMARTS) is 1. The molecule has 0 radical (unpaired) electrons. The molecule has 0 atom stereocenters. The van der Waals surface area contributed by atoms with Crippen molar-refractivity contribution >= 4 is 12.0 Å². The van der Waals surface area contributed by atoms with Crippen molar-refractivity contribution < 1.29 is 14.7 Å². The Bertz CT molecular complexity index is 137. The topological polar surface area (TPSA) is 78.8 Å². The molecule has 0 rings (SSSR count). The van der Waals surface area contributed by atoms with Crippen LogP contribution in [0, 0.1) is 0 Å². The summed E-state index contributed by atoms with van der Waals surface area (Å²) < 4.78 is 0. The summed E-state index contributed by atoms with van der Waals surface area (Å²) in [5.74, 6) is -0.927. The van der Waals surface area contributed by atoms with Gasteiger partial charge in [-0.2, -0.15) is 0 Å². The quantitative estimate of drug-likeness (QED) is 0.228. The van der Waals surface area contributed by atoms with E-state index >= 15 is 0 Å². The van der Waals surface area contributed by atoms with Gasteiger partial charge in [0.25, 0.3) is 6.08 Å². The molecular formula is C4H6N2O3. The summed E-state index contributed by atoms with van der Waals surface area (Å²) in [6.07, 6.45) is 1.16. The second-order valence-corrected chi connectivity index (χ2v) is 1.25. The molecule has 0 aliphatic carbocycles. The zero-order valence-corrected chi connectivity index (χ0v) is 4.63. The summed E-state index contributed by atoms with van der Waals surface area (Å²) in [6, 6.07) is 0. The zero-order chi connectivity index (χ0) is 7.11. The normalized spacial score (nSPS) is 7.56. The SMILES string of the molecule is O=C=NNCCC(=O)O. The molecule has 0 bridgehead atoms. The summed E-state index contributed by atoms with van der Waals surface area (Å²) in [5, 5.41) is 11.0. The maximum Gasteiger partial charge on any atom is 0.305 e. The van der Waals surface area contributed by atoms with Gasteiger partial charge in [-0.1, -0.05) is 5.10 Å². The van der Waals surface area contributed by atoms with Gasteiger partial charge in [0.05, 0.1) is 6.42 Å². The van der Waals surface area contributed by atoms with E-state index in [4.69, 9.17) is 5.11 Å². The van der Waals surface area contributed by atoms with Crippen LogP contribution in [-0.4, -0.2) is 23.7 Å².